The Bertz CT molecular complexity index is 1110. The molecule has 0 bridgehead atoms. The lowest BCUT2D eigenvalue weighted by atomic mass is 9.99. The van der Waals surface area contributed by atoms with Crippen LogP contribution in [0.2, 0.25) is 0 Å². The molecule has 0 saturated carbocycles. The number of ether oxygens (including phenoxy) is 1. The minimum atomic E-state index is -0.534. The minimum Gasteiger partial charge on any atom is -0.457 e. The topological polar surface area (TPSA) is 9.23 Å². The molecule has 0 radical (unpaired) electrons. The molecule has 0 saturated heterocycles. The Hall–Kier alpha value is -3.46. The molecule has 29 heavy (non-hydrogen) atoms. The summed E-state index contributed by atoms with van der Waals surface area (Å²) in [6.45, 7) is 3.47. The van der Waals surface area contributed by atoms with Gasteiger partial charge in [-0.25, -0.2) is 8.78 Å². The van der Waals surface area contributed by atoms with E-state index in [0.717, 1.165) is 28.2 Å². The second-order valence-electron chi connectivity index (χ2n) is 7.08. The Balaban J connectivity index is 1.52. The van der Waals surface area contributed by atoms with Crippen LogP contribution in [0.1, 0.15) is 11.1 Å². The van der Waals surface area contributed by atoms with Gasteiger partial charge in [0, 0.05) is 5.56 Å². The average Bonchev–Trinajstić information content (AvgIpc) is 2.74. The van der Waals surface area contributed by atoms with Crippen molar-refractivity contribution in [1.29, 1.82) is 0 Å². The first-order chi connectivity index (χ1) is 14.0. The Morgan fingerprint density at radius 1 is 0.517 bits per heavy atom. The zero-order valence-corrected chi connectivity index (χ0v) is 16.2. The molecule has 0 amide bonds. The van der Waals surface area contributed by atoms with Gasteiger partial charge in [-0.3, -0.25) is 0 Å². The van der Waals surface area contributed by atoms with Crippen LogP contribution in [-0.2, 0) is 0 Å². The molecule has 4 rings (SSSR count). The van der Waals surface area contributed by atoms with Crippen LogP contribution < -0.4 is 4.74 Å². The molecule has 0 fully saturated rings. The number of hydrogen-bond donors (Lipinski definition) is 0. The van der Waals surface area contributed by atoms with Crippen LogP contribution >= 0.6 is 0 Å². The SMILES string of the molecule is Cc1ccc(Oc2ccc(-c3ccc(-c4cc(F)c(C)c(F)c4)cc3)cc2)cc1. The van der Waals surface area contributed by atoms with Crippen molar-refractivity contribution in [2.45, 2.75) is 13.8 Å². The highest BCUT2D eigenvalue weighted by atomic mass is 19.1. The van der Waals surface area contributed by atoms with Crippen LogP contribution in [0.5, 0.6) is 11.5 Å². The maximum atomic E-state index is 13.8. The second kappa shape index (κ2) is 7.88. The molecular formula is C26H20F2O. The lowest BCUT2D eigenvalue weighted by Gasteiger charge is -2.09. The van der Waals surface area contributed by atoms with Crippen LogP contribution in [-0.4, -0.2) is 0 Å². The summed E-state index contributed by atoms with van der Waals surface area (Å²) in [4.78, 5) is 0. The number of rotatable bonds is 4. The van der Waals surface area contributed by atoms with Gasteiger partial charge in [0.05, 0.1) is 0 Å². The summed E-state index contributed by atoms with van der Waals surface area (Å²) in [7, 11) is 0. The van der Waals surface area contributed by atoms with Gasteiger partial charge in [-0.15, -0.1) is 0 Å². The van der Waals surface area contributed by atoms with E-state index in [0.29, 0.717) is 5.56 Å². The smallest absolute Gasteiger partial charge is 0.129 e. The maximum absolute atomic E-state index is 13.8. The number of benzene rings is 4. The predicted octanol–water partition coefficient (Wildman–Crippen LogP) is 7.71. The molecule has 0 aliphatic rings. The third kappa shape index (κ3) is 4.19. The van der Waals surface area contributed by atoms with Gasteiger partial charge in [-0.1, -0.05) is 54.1 Å². The highest BCUT2D eigenvalue weighted by molar-refractivity contribution is 5.71. The van der Waals surface area contributed by atoms with Crippen molar-refractivity contribution in [3.05, 3.63) is 108 Å². The first-order valence-corrected chi connectivity index (χ1v) is 9.41. The number of halogens is 2. The fraction of sp³-hybridized carbons (Fsp3) is 0.0769. The van der Waals surface area contributed by atoms with Gasteiger partial charge in [0.1, 0.15) is 23.1 Å². The van der Waals surface area contributed by atoms with Crippen molar-refractivity contribution < 1.29 is 13.5 Å². The zero-order chi connectivity index (χ0) is 20.4. The molecule has 4 aromatic rings. The Labute approximate surface area is 169 Å². The van der Waals surface area contributed by atoms with Crippen molar-refractivity contribution in [3.63, 3.8) is 0 Å². The minimum absolute atomic E-state index is 0.0401. The molecule has 1 nitrogen and oxygen atoms in total. The average molecular weight is 386 g/mol. The van der Waals surface area contributed by atoms with E-state index in [1.165, 1.54) is 24.6 Å². The van der Waals surface area contributed by atoms with E-state index in [1.807, 2.05) is 79.7 Å². The largest absolute Gasteiger partial charge is 0.457 e. The summed E-state index contributed by atoms with van der Waals surface area (Å²) in [6, 6.07) is 26.1. The highest BCUT2D eigenvalue weighted by Gasteiger charge is 2.09. The molecule has 144 valence electrons. The van der Waals surface area contributed by atoms with Gasteiger partial charge in [-0.05, 0) is 72.5 Å². The lowest BCUT2D eigenvalue weighted by molar-refractivity contribution is 0.482. The van der Waals surface area contributed by atoms with E-state index in [2.05, 4.69) is 0 Å². The van der Waals surface area contributed by atoms with E-state index in [-0.39, 0.29) is 5.56 Å². The number of hydrogen-bond acceptors (Lipinski definition) is 1. The van der Waals surface area contributed by atoms with E-state index in [1.54, 1.807) is 0 Å². The molecular weight excluding hydrogens is 366 g/mol. The molecule has 0 spiro atoms. The van der Waals surface area contributed by atoms with Crippen LogP contribution in [0.4, 0.5) is 8.78 Å². The van der Waals surface area contributed by atoms with Crippen LogP contribution in [0.15, 0.2) is 84.9 Å². The molecule has 0 atom stereocenters. The quantitative estimate of drug-likeness (QED) is 0.349. The third-order valence-corrected chi connectivity index (χ3v) is 4.94. The Morgan fingerprint density at radius 2 is 0.897 bits per heavy atom. The first-order valence-electron chi connectivity index (χ1n) is 9.41. The van der Waals surface area contributed by atoms with Crippen LogP contribution in [0, 0.1) is 25.5 Å². The Kier molecular flexibility index (Phi) is 5.13. The van der Waals surface area contributed by atoms with Crippen LogP contribution in [0.3, 0.4) is 0 Å². The standard InChI is InChI=1S/C26H20F2O/c1-17-3-11-23(12-4-17)29-24-13-9-20(10-14-24)19-5-7-21(8-6-19)22-15-25(27)18(2)26(28)16-22/h3-16H,1-2H3. The molecule has 0 aliphatic carbocycles. The summed E-state index contributed by atoms with van der Waals surface area (Å²) in [5.41, 5.74) is 4.58. The molecule has 3 heteroatoms. The van der Waals surface area contributed by atoms with E-state index in [9.17, 15) is 8.78 Å². The molecule has 0 aliphatic heterocycles. The highest BCUT2D eigenvalue weighted by Crippen LogP contribution is 2.29. The van der Waals surface area contributed by atoms with Crippen molar-refractivity contribution in [2.75, 3.05) is 0 Å². The van der Waals surface area contributed by atoms with E-state index < -0.39 is 11.6 Å². The zero-order valence-electron chi connectivity index (χ0n) is 16.2. The number of aryl methyl sites for hydroxylation is 1. The lowest BCUT2D eigenvalue weighted by Crippen LogP contribution is -1.90. The van der Waals surface area contributed by atoms with Gasteiger partial charge in [0.2, 0.25) is 0 Å². The predicted molar refractivity (Wildman–Crippen MR) is 113 cm³/mol. The molecule has 0 unspecified atom stereocenters. The van der Waals surface area contributed by atoms with Crippen molar-refractivity contribution in [3.8, 4) is 33.8 Å². The molecule has 0 aromatic heterocycles. The van der Waals surface area contributed by atoms with E-state index >= 15 is 0 Å². The van der Waals surface area contributed by atoms with Gasteiger partial charge in [0.15, 0.2) is 0 Å². The van der Waals surface area contributed by atoms with Crippen molar-refractivity contribution in [2.24, 2.45) is 0 Å². The van der Waals surface area contributed by atoms with Gasteiger partial charge in [0.25, 0.3) is 0 Å². The Morgan fingerprint density at radius 3 is 1.38 bits per heavy atom. The van der Waals surface area contributed by atoms with Gasteiger partial charge < -0.3 is 4.74 Å². The van der Waals surface area contributed by atoms with Crippen molar-refractivity contribution in [1.82, 2.24) is 0 Å². The molecule has 4 aromatic carbocycles. The summed E-state index contributed by atoms with van der Waals surface area (Å²) in [5.74, 6) is 0.492. The van der Waals surface area contributed by atoms with Gasteiger partial charge >= 0.3 is 0 Å². The molecule has 0 heterocycles. The maximum Gasteiger partial charge on any atom is 0.129 e. The van der Waals surface area contributed by atoms with Crippen LogP contribution in [0.25, 0.3) is 22.3 Å². The summed E-state index contributed by atoms with van der Waals surface area (Å²) in [5, 5.41) is 0. The van der Waals surface area contributed by atoms with Crippen molar-refractivity contribution >= 4 is 0 Å². The summed E-state index contributed by atoms with van der Waals surface area (Å²) < 4.78 is 33.5. The van der Waals surface area contributed by atoms with E-state index in [4.69, 9.17) is 4.74 Å². The second-order valence-corrected chi connectivity index (χ2v) is 7.08. The summed E-state index contributed by atoms with van der Waals surface area (Å²) in [6.07, 6.45) is 0. The first kappa shape index (κ1) is 18.9. The fourth-order valence-corrected chi connectivity index (χ4v) is 3.12. The molecule has 0 N–H and O–H groups in total. The summed E-state index contributed by atoms with van der Waals surface area (Å²) >= 11 is 0. The fourth-order valence-electron chi connectivity index (χ4n) is 3.12. The normalized spacial score (nSPS) is 10.8. The monoisotopic (exact) mass is 386 g/mol. The third-order valence-electron chi connectivity index (χ3n) is 4.94. The van der Waals surface area contributed by atoms with Gasteiger partial charge in [-0.2, -0.15) is 0 Å².